The van der Waals surface area contributed by atoms with Crippen molar-refractivity contribution in [3.8, 4) is 0 Å². The van der Waals surface area contributed by atoms with Gasteiger partial charge in [0.25, 0.3) is 5.91 Å². The van der Waals surface area contributed by atoms with Crippen molar-refractivity contribution in [2.75, 3.05) is 27.2 Å². The van der Waals surface area contributed by atoms with E-state index in [2.05, 4.69) is 29.2 Å². The summed E-state index contributed by atoms with van der Waals surface area (Å²) in [6, 6.07) is 4.01. The van der Waals surface area contributed by atoms with Gasteiger partial charge >= 0.3 is 0 Å². The lowest BCUT2D eigenvalue weighted by atomic mass is 10.0. The van der Waals surface area contributed by atoms with E-state index >= 15 is 0 Å². The van der Waals surface area contributed by atoms with Crippen LogP contribution in [0.3, 0.4) is 0 Å². The number of likely N-dealkylation sites (tertiary alicyclic amines) is 1. The maximum absolute atomic E-state index is 12.9. The first-order valence-electron chi connectivity index (χ1n) is 7.41. The Morgan fingerprint density at radius 1 is 1.38 bits per heavy atom. The fraction of sp³-hybridized carbons (Fsp3) is 0.533. The quantitative estimate of drug-likeness (QED) is 0.853. The average molecular weight is 287 g/mol. The maximum atomic E-state index is 12.9. The van der Waals surface area contributed by atoms with Crippen LogP contribution in [0.5, 0.6) is 0 Å². The monoisotopic (exact) mass is 287 g/mol. The van der Waals surface area contributed by atoms with Gasteiger partial charge in [0, 0.05) is 25.3 Å². The minimum absolute atomic E-state index is 0.0737. The topological polar surface area (TPSA) is 53.7 Å². The predicted molar refractivity (Wildman–Crippen MR) is 80.2 cm³/mol. The van der Waals surface area contributed by atoms with E-state index < -0.39 is 0 Å². The highest BCUT2D eigenvalue weighted by atomic mass is 16.2. The van der Waals surface area contributed by atoms with Gasteiger partial charge in [-0.2, -0.15) is 14.8 Å². The van der Waals surface area contributed by atoms with Crippen molar-refractivity contribution in [2.45, 2.75) is 25.3 Å². The molecule has 0 bridgehead atoms. The van der Waals surface area contributed by atoms with Crippen LogP contribution in [-0.2, 0) is 0 Å². The second kappa shape index (κ2) is 5.81. The molecule has 0 N–H and O–H groups in total. The number of carbonyl (C=O) groups is 1. The minimum atomic E-state index is 0.0737. The molecule has 0 spiro atoms. The van der Waals surface area contributed by atoms with Gasteiger partial charge in [-0.25, -0.2) is 0 Å². The van der Waals surface area contributed by atoms with E-state index in [4.69, 9.17) is 0 Å². The second-order valence-corrected chi connectivity index (χ2v) is 5.87. The van der Waals surface area contributed by atoms with Crippen molar-refractivity contribution in [2.24, 2.45) is 0 Å². The number of likely N-dealkylation sites (N-methyl/N-ethyl adjacent to an activating group) is 1. The molecule has 0 aromatic carbocycles. The van der Waals surface area contributed by atoms with Crippen LogP contribution in [0.4, 0.5) is 0 Å². The van der Waals surface area contributed by atoms with Gasteiger partial charge in [0.05, 0.1) is 11.8 Å². The first-order valence-corrected chi connectivity index (χ1v) is 7.41. The van der Waals surface area contributed by atoms with E-state index in [9.17, 15) is 4.79 Å². The fourth-order valence-electron chi connectivity index (χ4n) is 3.03. The average Bonchev–Trinajstić information content (AvgIpc) is 2.90. The molecule has 2 aromatic heterocycles. The van der Waals surface area contributed by atoms with Crippen LogP contribution in [0.1, 0.15) is 29.6 Å². The normalized spacial score (nSPS) is 19.4. The molecule has 1 fully saturated rings. The molecule has 0 radical (unpaired) electrons. The molecule has 1 saturated heterocycles. The summed E-state index contributed by atoms with van der Waals surface area (Å²) in [5, 5.41) is 8.29. The van der Waals surface area contributed by atoms with Crippen molar-refractivity contribution in [1.82, 2.24) is 24.6 Å². The summed E-state index contributed by atoms with van der Waals surface area (Å²) in [6.07, 6.45) is 6.64. The fourth-order valence-corrected chi connectivity index (χ4v) is 3.03. The summed E-state index contributed by atoms with van der Waals surface area (Å²) in [5.41, 5.74) is 1.42. The van der Waals surface area contributed by atoms with Crippen molar-refractivity contribution in [3.05, 3.63) is 30.1 Å². The molecule has 1 amide bonds. The lowest BCUT2D eigenvalue weighted by molar-refractivity contribution is 0.0576. The molecule has 0 unspecified atom stereocenters. The molecule has 3 rings (SSSR count). The standard InChI is InChI=1S/C15H21N5O/c1-18(2)11-12-6-3-4-9-19(12)15(21)13-10-17-20-14(13)7-5-8-16-20/h5,7-8,10,12H,3-4,6,9,11H2,1-2H3/t12-/m0/s1. The number of hydrogen-bond acceptors (Lipinski definition) is 4. The van der Waals surface area contributed by atoms with Crippen LogP contribution >= 0.6 is 0 Å². The van der Waals surface area contributed by atoms with Gasteiger partial charge in [0.15, 0.2) is 0 Å². The lowest BCUT2D eigenvalue weighted by Gasteiger charge is -2.37. The molecule has 2 aromatic rings. The zero-order valence-electron chi connectivity index (χ0n) is 12.6. The van der Waals surface area contributed by atoms with Gasteiger partial charge in [0.1, 0.15) is 5.52 Å². The number of carbonyl (C=O) groups excluding carboxylic acids is 1. The molecule has 6 heteroatoms. The molecule has 21 heavy (non-hydrogen) atoms. The third kappa shape index (κ3) is 2.76. The Kier molecular flexibility index (Phi) is 3.88. The Morgan fingerprint density at radius 2 is 2.24 bits per heavy atom. The van der Waals surface area contributed by atoms with Gasteiger partial charge in [0.2, 0.25) is 0 Å². The molecule has 0 saturated carbocycles. The van der Waals surface area contributed by atoms with E-state index in [1.165, 1.54) is 11.1 Å². The van der Waals surface area contributed by atoms with Gasteiger partial charge in [-0.3, -0.25) is 4.79 Å². The number of fused-ring (bicyclic) bond motifs is 1. The predicted octanol–water partition coefficient (Wildman–Crippen LogP) is 1.29. The Balaban J connectivity index is 1.88. The highest BCUT2D eigenvalue weighted by Crippen LogP contribution is 2.21. The lowest BCUT2D eigenvalue weighted by Crippen LogP contribution is -2.48. The molecular formula is C15H21N5O. The van der Waals surface area contributed by atoms with E-state index in [0.29, 0.717) is 5.56 Å². The molecule has 1 aliphatic heterocycles. The number of rotatable bonds is 3. The summed E-state index contributed by atoms with van der Waals surface area (Å²) in [7, 11) is 4.10. The van der Waals surface area contributed by atoms with Crippen molar-refractivity contribution >= 4 is 11.4 Å². The summed E-state index contributed by atoms with van der Waals surface area (Å²) >= 11 is 0. The second-order valence-electron chi connectivity index (χ2n) is 5.87. The molecule has 1 atom stereocenters. The van der Waals surface area contributed by atoms with Gasteiger partial charge in [-0.1, -0.05) is 0 Å². The Hall–Kier alpha value is -1.95. The first-order chi connectivity index (χ1) is 10.2. The van der Waals surface area contributed by atoms with E-state index in [0.717, 1.165) is 31.4 Å². The van der Waals surface area contributed by atoms with Crippen LogP contribution < -0.4 is 0 Å². The summed E-state index contributed by atoms with van der Waals surface area (Å²) in [6.45, 7) is 1.73. The van der Waals surface area contributed by atoms with Crippen LogP contribution in [0.2, 0.25) is 0 Å². The SMILES string of the molecule is CN(C)C[C@@H]1CCCCN1C(=O)c1cnn2ncccc12. The van der Waals surface area contributed by atoms with Crippen LogP contribution in [-0.4, -0.2) is 63.8 Å². The van der Waals surface area contributed by atoms with Crippen LogP contribution in [0, 0.1) is 0 Å². The zero-order valence-corrected chi connectivity index (χ0v) is 12.6. The van der Waals surface area contributed by atoms with Gasteiger partial charge in [-0.05, 0) is 45.5 Å². The highest BCUT2D eigenvalue weighted by molar-refractivity contribution is 6.00. The molecule has 1 aliphatic rings. The third-order valence-electron chi connectivity index (χ3n) is 4.00. The summed E-state index contributed by atoms with van der Waals surface area (Å²) < 4.78 is 1.51. The van der Waals surface area contributed by atoms with E-state index in [1.54, 1.807) is 12.4 Å². The van der Waals surface area contributed by atoms with E-state index in [1.807, 2.05) is 17.0 Å². The molecular weight excluding hydrogens is 266 g/mol. The number of hydrogen-bond donors (Lipinski definition) is 0. The molecule has 0 aliphatic carbocycles. The molecule has 3 heterocycles. The number of aromatic nitrogens is 3. The first kappa shape index (κ1) is 14.0. The number of piperidine rings is 1. The van der Waals surface area contributed by atoms with Crippen molar-refractivity contribution in [3.63, 3.8) is 0 Å². The van der Waals surface area contributed by atoms with Crippen molar-refractivity contribution < 1.29 is 4.79 Å². The third-order valence-corrected chi connectivity index (χ3v) is 4.00. The maximum Gasteiger partial charge on any atom is 0.258 e. The minimum Gasteiger partial charge on any atom is -0.334 e. The van der Waals surface area contributed by atoms with Crippen molar-refractivity contribution in [1.29, 1.82) is 0 Å². The molecule has 112 valence electrons. The highest BCUT2D eigenvalue weighted by Gasteiger charge is 2.29. The number of amides is 1. The van der Waals surface area contributed by atoms with Crippen LogP contribution in [0.25, 0.3) is 5.52 Å². The Morgan fingerprint density at radius 3 is 3.05 bits per heavy atom. The van der Waals surface area contributed by atoms with E-state index in [-0.39, 0.29) is 11.9 Å². The summed E-state index contributed by atoms with van der Waals surface area (Å²) in [5.74, 6) is 0.0737. The van der Waals surface area contributed by atoms with Gasteiger partial charge in [-0.15, -0.1) is 0 Å². The van der Waals surface area contributed by atoms with Crippen LogP contribution in [0.15, 0.2) is 24.5 Å². The Bertz CT molecular complexity index is 636. The number of nitrogens with zero attached hydrogens (tertiary/aromatic N) is 5. The zero-order chi connectivity index (χ0) is 14.8. The summed E-state index contributed by atoms with van der Waals surface area (Å²) in [4.78, 5) is 17.0. The van der Waals surface area contributed by atoms with Gasteiger partial charge < -0.3 is 9.80 Å². The largest absolute Gasteiger partial charge is 0.334 e. The molecule has 6 nitrogen and oxygen atoms in total. The smallest absolute Gasteiger partial charge is 0.258 e. The Labute approximate surface area is 124 Å².